The van der Waals surface area contributed by atoms with Crippen molar-refractivity contribution in [1.29, 1.82) is 0 Å². The number of H-pyrrole nitrogens is 1. The molecule has 6 N–H and O–H groups in total. The van der Waals surface area contributed by atoms with Crippen LogP contribution in [-0.4, -0.2) is 57.5 Å². The molecule has 11 heteroatoms. The number of carbonyl (C=O) groups is 5. The highest BCUT2D eigenvalue weighted by Gasteiger charge is 2.30. The molecular weight excluding hydrogens is 464 g/mol. The number of primary amides is 1. The number of imidazole rings is 1. The molecule has 36 heavy (non-hydrogen) atoms. The summed E-state index contributed by atoms with van der Waals surface area (Å²) in [5.41, 5.74) is 6.10. The van der Waals surface area contributed by atoms with Gasteiger partial charge < -0.3 is 26.7 Å². The van der Waals surface area contributed by atoms with Crippen molar-refractivity contribution in [1.82, 2.24) is 25.9 Å². The van der Waals surface area contributed by atoms with E-state index >= 15 is 0 Å². The van der Waals surface area contributed by atoms with Crippen LogP contribution in [0.3, 0.4) is 0 Å². The summed E-state index contributed by atoms with van der Waals surface area (Å²) in [5.74, 6) is -3.09. The predicted molar refractivity (Wildman–Crippen MR) is 132 cm³/mol. The quantitative estimate of drug-likeness (QED) is 0.226. The Balaban J connectivity index is 2.32. The summed E-state index contributed by atoms with van der Waals surface area (Å²) in [5, 5.41) is 5.65. The van der Waals surface area contributed by atoms with Crippen molar-refractivity contribution in [2.45, 2.75) is 70.5 Å². The molecule has 0 bridgehead atoms. The molecule has 0 saturated heterocycles. The summed E-state index contributed by atoms with van der Waals surface area (Å²) in [6.45, 7) is 3.21. The molecule has 0 fully saturated rings. The Morgan fingerprint density at radius 2 is 1.72 bits per heavy atom. The number of nitrogens with one attached hydrogen (secondary N) is 4. The molecule has 0 aliphatic carbocycles. The van der Waals surface area contributed by atoms with E-state index in [0.29, 0.717) is 29.4 Å². The highest BCUT2D eigenvalue weighted by atomic mass is 16.2. The van der Waals surface area contributed by atoms with E-state index in [-0.39, 0.29) is 19.3 Å². The summed E-state index contributed by atoms with van der Waals surface area (Å²) in [6.07, 6.45) is 4.26. The number of nitrogens with two attached hydrogens (primary N) is 1. The van der Waals surface area contributed by atoms with Gasteiger partial charge >= 0.3 is 0 Å². The van der Waals surface area contributed by atoms with Crippen LogP contribution < -0.4 is 21.7 Å². The van der Waals surface area contributed by atoms with Crippen LogP contribution in [-0.2, 0) is 25.6 Å². The summed E-state index contributed by atoms with van der Waals surface area (Å²) in [6, 6.07) is 4.79. The largest absolute Gasteiger partial charge is 0.370 e. The van der Waals surface area contributed by atoms with Crippen molar-refractivity contribution in [3.05, 3.63) is 54.1 Å². The average molecular weight is 500 g/mol. The molecule has 2 rings (SSSR count). The second-order valence-electron chi connectivity index (χ2n) is 8.46. The number of Topliss-reactive ketones (excluding diaryl/α,β-unsaturated/α-hetero) is 1. The summed E-state index contributed by atoms with van der Waals surface area (Å²) in [7, 11) is 0. The van der Waals surface area contributed by atoms with Gasteiger partial charge in [-0.25, -0.2) is 4.98 Å². The van der Waals surface area contributed by atoms with Crippen LogP contribution in [0.4, 0.5) is 0 Å². The number of carbonyl (C=O) groups excluding carboxylic acids is 5. The number of aromatic nitrogens is 2. The fraction of sp³-hybridized carbons (Fsp3) is 0.440. The highest BCUT2D eigenvalue weighted by molar-refractivity contribution is 6.03. The highest BCUT2D eigenvalue weighted by Crippen LogP contribution is 2.10. The Morgan fingerprint density at radius 1 is 1.03 bits per heavy atom. The third kappa shape index (κ3) is 9.32. The van der Waals surface area contributed by atoms with Gasteiger partial charge in [-0.1, -0.05) is 50.1 Å². The summed E-state index contributed by atoms with van der Waals surface area (Å²) < 4.78 is 8.60. The number of ketones is 1. The lowest BCUT2D eigenvalue weighted by atomic mass is 9.99. The third-order valence-electron chi connectivity index (χ3n) is 5.45. The van der Waals surface area contributed by atoms with Crippen LogP contribution in [0.25, 0.3) is 0 Å². The van der Waals surface area contributed by atoms with Gasteiger partial charge in [0.2, 0.25) is 23.6 Å². The molecule has 1 aromatic heterocycles. The summed E-state index contributed by atoms with van der Waals surface area (Å²) >= 11 is 0. The molecule has 1 heterocycles. The number of amides is 4. The van der Waals surface area contributed by atoms with Crippen LogP contribution in [0.5, 0.6) is 0 Å². The molecule has 11 nitrogen and oxygen atoms in total. The Morgan fingerprint density at radius 3 is 2.31 bits per heavy atom. The van der Waals surface area contributed by atoms with Crippen molar-refractivity contribution in [3.8, 4) is 0 Å². The predicted octanol–water partition coefficient (Wildman–Crippen LogP) is 0.765. The van der Waals surface area contributed by atoms with Crippen LogP contribution in [0.1, 0.15) is 62.0 Å². The first-order valence-electron chi connectivity index (χ1n) is 12.3. The number of hydrogen-bond donors (Lipinski definition) is 5. The first-order chi connectivity index (χ1) is 17.6. The van der Waals surface area contributed by atoms with E-state index in [2.05, 4.69) is 20.6 Å². The van der Waals surface area contributed by atoms with Gasteiger partial charge in [-0.2, -0.15) is 0 Å². The molecule has 0 aliphatic heterocycles. The molecule has 0 unspecified atom stereocenters. The zero-order valence-corrected chi connectivity index (χ0v) is 20.5. The molecule has 3 atom stereocenters. The van der Waals surface area contributed by atoms with Gasteiger partial charge in [0.15, 0.2) is 7.20 Å². The van der Waals surface area contributed by atoms with Crippen molar-refractivity contribution < 1.29 is 25.4 Å². The number of unbranched alkanes of at least 4 members (excludes halogenated alkanes) is 1. The maximum absolute atomic E-state index is 13.5. The van der Waals surface area contributed by atoms with Gasteiger partial charge in [0, 0.05) is 37.2 Å². The van der Waals surface area contributed by atoms with Crippen molar-refractivity contribution in [2.75, 3.05) is 0 Å². The molecule has 4 amide bonds. The number of aromatic amines is 1. The molecule has 0 aliphatic rings. The van der Waals surface area contributed by atoms with Crippen LogP contribution in [0.15, 0.2) is 42.9 Å². The van der Waals surface area contributed by atoms with Crippen LogP contribution in [0, 0.1) is 0 Å². The van der Waals surface area contributed by atoms with Gasteiger partial charge in [0.05, 0.1) is 12.4 Å². The van der Waals surface area contributed by atoms with Gasteiger partial charge in [-0.15, -0.1) is 0 Å². The minimum absolute atomic E-state index is 0.0233. The first kappa shape index (κ1) is 26.6. The topological polar surface area (TPSA) is 176 Å². The van der Waals surface area contributed by atoms with Gasteiger partial charge in [-0.05, 0) is 12.8 Å². The van der Waals surface area contributed by atoms with Gasteiger partial charge in [-0.3, -0.25) is 24.0 Å². The lowest BCUT2D eigenvalue weighted by Crippen LogP contribution is -2.56. The van der Waals surface area contributed by atoms with E-state index in [1.165, 1.54) is 19.4 Å². The summed E-state index contributed by atoms with van der Waals surface area (Å²) in [4.78, 5) is 69.6. The maximum atomic E-state index is 13.5. The van der Waals surface area contributed by atoms with E-state index < -0.39 is 47.5 Å². The fourth-order valence-corrected chi connectivity index (χ4v) is 3.58. The van der Waals surface area contributed by atoms with Crippen molar-refractivity contribution >= 4 is 29.4 Å². The number of rotatable bonds is 15. The van der Waals surface area contributed by atoms with Gasteiger partial charge in [0.25, 0.3) is 0 Å². The standard InChI is InChI=1S/C25H34N6O5/c1-3-4-10-19(29-16(2)32)24(35)30-20(11-12-22(26)33)25(36)31-21(13-18-14-27-15-28-18)23(34)17-8-6-5-7-9-17/h5-9,14-15,19-21H,3-4,10-13H2,1-2H3,(H2,26,33)(H,27,28)(H,29,32)(H,30,35)(H,31,36)/t19-,20-,21-/m0/s1/i/hD. The number of benzene rings is 1. The van der Waals surface area contributed by atoms with E-state index in [9.17, 15) is 24.0 Å². The Kier molecular flexibility index (Phi) is 10.6. The smallest absolute Gasteiger partial charge is 0.243 e. The first-order valence-corrected chi connectivity index (χ1v) is 11.9. The van der Waals surface area contributed by atoms with E-state index in [1.54, 1.807) is 30.3 Å². The Bertz CT molecular complexity index is 1060. The Labute approximate surface area is 211 Å². The van der Waals surface area contributed by atoms with Gasteiger partial charge in [0.1, 0.15) is 12.1 Å². The lowest BCUT2D eigenvalue weighted by molar-refractivity contribution is -0.132. The van der Waals surface area contributed by atoms with E-state index in [0.717, 1.165) is 6.42 Å². The number of hydrogen-bond acceptors (Lipinski definition) is 6. The molecule has 0 saturated carbocycles. The monoisotopic (exact) mass is 499 g/mol. The second-order valence-corrected chi connectivity index (χ2v) is 8.46. The molecule has 0 spiro atoms. The Hall–Kier alpha value is -4.02. The second kappa shape index (κ2) is 14.4. The number of nitrogens with zero attached hydrogens (tertiary/aromatic N) is 1. The average Bonchev–Trinajstić information content (AvgIpc) is 3.39. The normalized spacial score (nSPS) is 13.6. The molecule has 194 valence electrons. The van der Waals surface area contributed by atoms with E-state index in [4.69, 9.17) is 7.15 Å². The van der Waals surface area contributed by atoms with Crippen molar-refractivity contribution in [2.24, 2.45) is 5.73 Å². The van der Waals surface area contributed by atoms with E-state index in [1.807, 2.05) is 6.92 Å². The fourth-order valence-electron chi connectivity index (χ4n) is 3.58. The third-order valence-corrected chi connectivity index (χ3v) is 5.45. The SMILES string of the molecule is [2H]N(C(=O)[C@H](CCC(N)=O)NC(=O)[C@H](CCCC)NC(C)=O)[C@@H](Cc1cnc[nH]1)C(=O)c1ccccc1. The lowest BCUT2D eigenvalue weighted by Gasteiger charge is -2.25. The molecule has 1 aromatic carbocycles. The molecule has 2 aromatic rings. The zero-order chi connectivity index (χ0) is 27.4. The molecule has 0 radical (unpaired) electrons. The van der Waals surface area contributed by atoms with Crippen LogP contribution >= 0.6 is 0 Å². The van der Waals surface area contributed by atoms with Crippen molar-refractivity contribution in [3.63, 3.8) is 0 Å². The zero-order valence-electron chi connectivity index (χ0n) is 21.5. The minimum atomic E-state index is -1.32. The molecular formula is C25H34N6O5. The maximum Gasteiger partial charge on any atom is 0.243 e. The van der Waals surface area contributed by atoms with Crippen LogP contribution in [0.2, 0.25) is 1.41 Å². The minimum Gasteiger partial charge on any atom is -0.370 e.